The van der Waals surface area contributed by atoms with E-state index in [-0.39, 0.29) is 12.8 Å². The van der Waals surface area contributed by atoms with Gasteiger partial charge in [-0.1, -0.05) is 23.7 Å². The molecule has 1 aromatic carbocycles. The molecular weight excluding hydrogens is 400 g/mol. The Labute approximate surface area is 174 Å². The SMILES string of the molecule is C=N/N=C(/CC1CC1(F)F)N1C=CC(c2ccc(C=O)cc2Cl)=C(C)C1.COC. The zero-order valence-corrected chi connectivity index (χ0v) is 17.4. The predicted octanol–water partition coefficient (Wildman–Crippen LogP) is 5.08. The largest absolute Gasteiger partial charge is 0.388 e. The van der Waals surface area contributed by atoms with Crippen LogP contribution in [0, 0.1) is 5.92 Å². The highest BCUT2D eigenvalue weighted by Gasteiger charge is 2.57. The van der Waals surface area contributed by atoms with Gasteiger partial charge in [-0.2, -0.15) is 5.10 Å². The number of alkyl halides is 2. The Balaban J connectivity index is 0.000000941. The maximum Gasteiger partial charge on any atom is 0.252 e. The van der Waals surface area contributed by atoms with Crippen molar-refractivity contribution in [3.8, 4) is 0 Å². The van der Waals surface area contributed by atoms with E-state index in [9.17, 15) is 13.6 Å². The fourth-order valence-corrected chi connectivity index (χ4v) is 3.32. The van der Waals surface area contributed by atoms with E-state index >= 15 is 0 Å². The molecule has 0 aromatic heterocycles. The highest BCUT2D eigenvalue weighted by Crippen LogP contribution is 2.51. The van der Waals surface area contributed by atoms with Crippen molar-refractivity contribution in [2.75, 3.05) is 20.8 Å². The smallest absolute Gasteiger partial charge is 0.252 e. The predicted molar refractivity (Wildman–Crippen MR) is 113 cm³/mol. The fourth-order valence-electron chi connectivity index (χ4n) is 3.03. The lowest BCUT2D eigenvalue weighted by Gasteiger charge is -2.27. The third-order valence-corrected chi connectivity index (χ3v) is 4.92. The molecule has 1 unspecified atom stereocenters. The zero-order valence-electron chi connectivity index (χ0n) is 16.7. The van der Waals surface area contributed by atoms with Gasteiger partial charge in [-0.25, -0.2) is 8.78 Å². The molecule has 1 aliphatic heterocycles. The minimum Gasteiger partial charge on any atom is -0.388 e. The van der Waals surface area contributed by atoms with Crippen LogP contribution >= 0.6 is 11.6 Å². The Kier molecular flexibility index (Phi) is 7.81. The van der Waals surface area contributed by atoms with E-state index < -0.39 is 11.8 Å². The summed E-state index contributed by atoms with van der Waals surface area (Å²) < 4.78 is 30.7. The molecule has 1 aromatic rings. The van der Waals surface area contributed by atoms with Crippen LogP contribution in [0.2, 0.25) is 5.02 Å². The monoisotopic (exact) mass is 423 g/mol. The van der Waals surface area contributed by atoms with Gasteiger partial charge in [0.1, 0.15) is 12.1 Å². The van der Waals surface area contributed by atoms with Crippen LogP contribution in [-0.4, -0.2) is 50.4 Å². The summed E-state index contributed by atoms with van der Waals surface area (Å²) in [6.07, 6.45) is 4.45. The number of amidine groups is 1. The molecule has 0 amide bonds. The van der Waals surface area contributed by atoms with Gasteiger partial charge in [-0.15, -0.1) is 5.10 Å². The van der Waals surface area contributed by atoms with Gasteiger partial charge < -0.3 is 9.64 Å². The summed E-state index contributed by atoms with van der Waals surface area (Å²) in [5.41, 5.74) is 3.27. The highest BCUT2D eigenvalue weighted by molar-refractivity contribution is 6.32. The number of halogens is 3. The second-order valence-corrected chi connectivity index (χ2v) is 7.33. The van der Waals surface area contributed by atoms with Gasteiger partial charge in [-0.3, -0.25) is 4.79 Å². The molecule has 3 rings (SSSR count). The van der Waals surface area contributed by atoms with E-state index in [1.165, 1.54) is 0 Å². The quantitative estimate of drug-likeness (QED) is 0.287. The number of aldehydes is 1. The number of methoxy groups -OCH3 is 1. The summed E-state index contributed by atoms with van der Waals surface area (Å²) in [7, 11) is 3.25. The minimum atomic E-state index is -2.61. The highest BCUT2D eigenvalue weighted by atomic mass is 35.5. The molecule has 0 bridgehead atoms. The lowest BCUT2D eigenvalue weighted by Crippen LogP contribution is -2.30. The molecule has 0 N–H and O–H groups in total. The number of benzene rings is 1. The molecule has 29 heavy (non-hydrogen) atoms. The number of ether oxygens (including phenoxy) is 1. The zero-order chi connectivity index (χ0) is 21.6. The average molecular weight is 424 g/mol. The maximum absolute atomic E-state index is 13.2. The molecule has 1 aliphatic carbocycles. The van der Waals surface area contributed by atoms with Gasteiger partial charge in [0.25, 0.3) is 5.92 Å². The fraction of sp³-hybridized carbons (Fsp3) is 0.381. The number of rotatable bonds is 5. The minimum absolute atomic E-state index is 0.112. The molecule has 2 aliphatic rings. The van der Waals surface area contributed by atoms with Crippen LogP contribution in [0.1, 0.15) is 35.7 Å². The number of allylic oxidation sites excluding steroid dienone is 2. The summed E-state index contributed by atoms with van der Waals surface area (Å²) in [6, 6.07) is 5.13. The van der Waals surface area contributed by atoms with Gasteiger partial charge in [0, 0.05) is 68.6 Å². The lowest BCUT2D eigenvalue weighted by atomic mass is 9.97. The van der Waals surface area contributed by atoms with Crippen LogP contribution in [-0.2, 0) is 4.74 Å². The molecule has 1 atom stereocenters. The van der Waals surface area contributed by atoms with Crippen LogP contribution < -0.4 is 0 Å². The number of carbonyl (C=O) groups excluding carboxylic acids is 1. The standard InChI is InChI=1S/C19H18ClF2N3O.C2H6O/c1-12-10-25(18(24-23-2)8-14-9-19(14,21)22)6-5-15(12)16-4-3-13(11-26)7-17(16)20;1-3-2/h3-7,11,14H,2,8-10H2,1H3;1-2H3/b24-18-;. The van der Waals surface area contributed by atoms with Crippen LogP contribution in [0.15, 0.2) is 46.3 Å². The van der Waals surface area contributed by atoms with Crippen LogP contribution in [0.3, 0.4) is 0 Å². The Hall–Kier alpha value is -2.38. The van der Waals surface area contributed by atoms with Crippen molar-refractivity contribution in [1.82, 2.24) is 4.90 Å². The Morgan fingerprint density at radius 1 is 1.45 bits per heavy atom. The molecule has 0 radical (unpaired) electrons. The Bertz CT molecular complexity index is 865. The van der Waals surface area contributed by atoms with E-state index in [1.807, 2.05) is 13.0 Å². The van der Waals surface area contributed by atoms with Crippen molar-refractivity contribution in [3.05, 3.63) is 52.2 Å². The molecule has 1 fully saturated rings. The first-order chi connectivity index (χ1) is 13.8. The van der Waals surface area contributed by atoms with Crippen LogP contribution in [0.25, 0.3) is 5.57 Å². The molecular formula is C21H24ClF2N3O2. The van der Waals surface area contributed by atoms with Crippen molar-refractivity contribution in [3.63, 3.8) is 0 Å². The molecule has 5 nitrogen and oxygen atoms in total. The first-order valence-electron chi connectivity index (χ1n) is 8.97. The van der Waals surface area contributed by atoms with Crippen molar-refractivity contribution < 1.29 is 18.3 Å². The summed E-state index contributed by atoms with van der Waals surface area (Å²) in [6.45, 7) is 5.77. The van der Waals surface area contributed by atoms with Crippen molar-refractivity contribution in [1.29, 1.82) is 0 Å². The molecule has 1 saturated carbocycles. The third-order valence-electron chi connectivity index (χ3n) is 4.61. The van der Waals surface area contributed by atoms with E-state index in [0.29, 0.717) is 23.0 Å². The van der Waals surface area contributed by atoms with Gasteiger partial charge >= 0.3 is 0 Å². The summed E-state index contributed by atoms with van der Waals surface area (Å²) >= 11 is 6.29. The van der Waals surface area contributed by atoms with Crippen molar-refractivity contribution in [2.45, 2.75) is 25.7 Å². The van der Waals surface area contributed by atoms with E-state index in [0.717, 1.165) is 23.0 Å². The molecule has 156 valence electrons. The normalized spacial score (nSPS) is 20.1. The number of hydrogen-bond acceptors (Lipinski definition) is 4. The third kappa shape index (κ3) is 5.81. The molecule has 0 spiro atoms. The number of hydrogen-bond donors (Lipinski definition) is 0. The second-order valence-electron chi connectivity index (χ2n) is 6.93. The van der Waals surface area contributed by atoms with Crippen LogP contribution in [0.4, 0.5) is 8.78 Å². The van der Waals surface area contributed by atoms with E-state index in [4.69, 9.17) is 11.6 Å². The first-order valence-corrected chi connectivity index (χ1v) is 9.35. The van der Waals surface area contributed by atoms with E-state index in [1.54, 1.807) is 43.5 Å². The summed E-state index contributed by atoms with van der Waals surface area (Å²) in [5.74, 6) is -2.82. The van der Waals surface area contributed by atoms with Crippen molar-refractivity contribution >= 4 is 36.0 Å². The summed E-state index contributed by atoms with van der Waals surface area (Å²) in [5, 5.41) is 7.96. The van der Waals surface area contributed by atoms with Crippen molar-refractivity contribution in [2.24, 2.45) is 16.1 Å². The molecule has 0 saturated heterocycles. The van der Waals surface area contributed by atoms with E-state index in [2.05, 4.69) is 21.7 Å². The van der Waals surface area contributed by atoms with Crippen LogP contribution in [0.5, 0.6) is 0 Å². The maximum atomic E-state index is 13.2. The Morgan fingerprint density at radius 3 is 2.59 bits per heavy atom. The molecule has 8 heteroatoms. The average Bonchev–Trinajstić information content (AvgIpc) is 3.28. The summed E-state index contributed by atoms with van der Waals surface area (Å²) in [4.78, 5) is 12.7. The Morgan fingerprint density at radius 2 is 2.10 bits per heavy atom. The second kappa shape index (κ2) is 9.89. The number of carbonyl (C=O) groups is 1. The van der Waals surface area contributed by atoms with Gasteiger partial charge in [0.2, 0.25) is 0 Å². The van der Waals surface area contributed by atoms with Gasteiger partial charge in [-0.05, 0) is 30.2 Å². The first kappa shape index (κ1) is 22.9. The number of nitrogens with zero attached hydrogens (tertiary/aromatic N) is 3. The van der Waals surface area contributed by atoms with Gasteiger partial charge in [0.15, 0.2) is 0 Å². The topological polar surface area (TPSA) is 54.3 Å². The lowest BCUT2D eigenvalue weighted by molar-refractivity contribution is 0.0997. The molecule has 1 heterocycles. The van der Waals surface area contributed by atoms with Gasteiger partial charge in [0.05, 0.1) is 0 Å².